The number of fused-ring (bicyclic) bond motifs is 1. The highest BCUT2D eigenvalue weighted by Crippen LogP contribution is 2.33. The van der Waals surface area contributed by atoms with Crippen LogP contribution in [0.3, 0.4) is 0 Å². The van der Waals surface area contributed by atoms with Crippen LogP contribution >= 0.6 is 11.6 Å². The van der Waals surface area contributed by atoms with Crippen LogP contribution in [0.15, 0.2) is 77.5 Å². The van der Waals surface area contributed by atoms with Gasteiger partial charge < -0.3 is 21.4 Å². The van der Waals surface area contributed by atoms with Crippen molar-refractivity contribution in [2.45, 2.75) is 39.0 Å². The van der Waals surface area contributed by atoms with E-state index in [1.54, 1.807) is 4.68 Å². The SMILES string of the molecule is C=C(NCCCNc1c(N)c(C(=O)C2=CC=C(C)CC2)nn1C1=CC=C(Cl)CC1)c1cccc2cc[nH]c12. The number of aromatic amines is 1. The number of carbonyl (C=O) groups is 1. The topological polar surface area (TPSA) is 101 Å². The molecule has 0 saturated carbocycles. The molecular formula is C30H33ClN6O. The molecule has 0 amide bonds. The van der Waals surface area contributed by atoms with Crippen LogP contribution in [-0.2, 0) is 0 Å². The van der Waals surface area contributed by atoms with E-state index in [2.05, 4.69) is 52.4 Å². The number of aromatic nitrogens is 3. The largest absolute Gasteiger partial charge is 0.394 e. The van der Waals surface area contributed by atoms with Gasteiger partial charge in [0.15, 0.2) is 11.5 Å². The van der Waals surface area contributed by atoms with Gasteiger partial charge in [-0.25, -0.2) is 4.68 Å². The third-order valence-electron chi connectivity index (χ3n) is 7.03. The second-order valence-corrected chi connectivity index (χ2v) is 10.2. The Kier molecular flexibility index (Phi) is 7.56. The van der Waals surface area contributed by atoms with Crippen LogP contribution in [0.25, 0.3) is 22.3 Å². The molecule has 5 N–H and O–H groups in total. The van der Waals surface area contributed by atoms with E-state index in [0.717, 1.165) is 70.7 Å². The molecule has 0 unspecified atom stereocenters. The molecule has 0 fully saturated rings. The molecule has 0 atom stereocenters. The van der Waals surface area contributed by atoms with E-state index < -0.39 is 0 Å². The fraction of sp³-hybridized carbons (Fsp3) is 0.267. The third-order valence-corrected chi connectivity index (χ3v) is 7.35. The van der Waals surface area contributed by atoms with Crippen LogP contribution in [-0.4, -0.2) is 33.6 Å². The summed E-state index contributed by atoms with van der Waals surface area (Å²) in [6.45, 7) is 7.66. The third kappa shape index (κ3) is 5.34. The number of para-hydroxylation sites is 1. The van der Waals surface area contributed by atoms with E-state index in [1.807, 2.05) is 36.6 Å². The number of hydrogen-bond acceptors (Lipinski definition) is 5. The van der Waals surface area contributed by atoms with Crippen molar-refractivity contribution in [1.82, 2.24) is 20.1 Å². The van der Waals surface area contributed by atoms with Crippen molar-refractivity contribution in [3.05, 3.63) is 88.8 Å². The van der Waals surface area contributed by atoms with Crippen molar-refractivity contribution in [1.29, 1.82) is 0 Å². The van der Waals surface area contributed by atoms with Gasteiger partial charge in [0.2, 0.25) is 5.78 Å². The van der Waals surface area contributed by atoms with E-state index in [1.165, 1.54) is 5.57 Å². The quantitative estimate of drug-likeness (QED) is 0.175. The van der Waals surface area contributed by atoms with E-state index >= 15 is 0 Å². The van der Waals surface area contributed by atoms with Gasteiger partial charge in [0.1, 0.15) is 5.69 Å². The standard InChI is InChI=1S/C30H33ClN6O/c1-19-7-9-22(10-8-19)29(38)28-26(32)30(37(36-28)24-13-11-23(31)12-14-24)35-17-4-16-33-20(2)25-6-3-5-21-15-18-34-27(21)25/h3,5-7,9,11,13,15,18,33-35H,2,4,8,10,12,14,16-17,32H2,1H3. The van der Waals surface area contributed by atoms with Crippen LogP contribution in [0, 0.1) is 0 Å². The lowest BCUT2D eigenvalue weighted by Gasteiger charge is -2.16. The summed E-state index contributed by atoms with van der Waals surface area (Å²) in [6, 6.07) is 8.22. The molecular weight excluding hydrogens is 496 g/mol. The van der Waals surface area contributed by atoms with Gasteiger partial charge in [0.05, 0.1) is 5.52 Å². The van der Waals surface area contributed by atoms with Crippen LogP contribution in [0.5, 0.6) is 0 Å². The van der Waals surface area contributed by atoms with E-state index in [0.29, 0.717) is 30.2 Å². The molecule has 0 spiro atoms. The van der Waals surface area contributed by atoms with Crippen molar-refractivity contribution in [3.63, 3.8) is 0 Å². The molecule has 0 aliphatic heterocycles. The number of anilines is 2. The molecule has 7 nitrogen and oxygen atoms in total. The zero-order valence-corrected chi connectivity index (χ0v) is 22.4. The van der Waals surface area contributed by atoms with E-state index in [9.17, 15) is 4.79 Å². The normalized spacial score (nSPS) is 15.4. The second-order valence-electron chi connectivity index (χ2n) is 9.76. The highest BCUT2D eigenvalue weighted by atomic mass is 35.5. The lowest BCUT2D eigenvalue weighted by atomic mass is 9.95. The zero-order valence-electron chi connectivity index (χ0n) is 21.6. The number of rotatable bonds is 10. The van der Waals surface area contributed by atoms with Crippen molar-refractivity contribution >= 4 is 51.2 Å². The van der Waals surface area contributed by atoms with Gasteiger partial charge in [0, 0.05) is 52.2 Å². The smallest absolute Gasteiger partial charge is 0.211 e. The molecule has 3 aromatic rings. The number of nitrogens with one attached hydrogen (secondary N) is 3. The Balaban J connectivity index is 1.28. The average Bonchev–Trinajstić information content (AvgIpc) is 3.53. The van der Waals surface area contributed by atoms with E-state index in [4.69, 9.17) is 17.3 Å². The number of halogens is 1. The van der Waals surface area contributed by atoms with Crippen LogP contribution < -0.4 is 16.4 Å². The maximum absolute atomic E-state index is 13.3. The molecule has 2 aliphatic carbocycles. The Morgan fingerprint density at radius 3 is 2.76 bits per heavy atom. The lowest BCUT2D eigenvalue weighted by molar-refractivity contribution is 0.102. The van der Waals surface area contributed by atoms with E-state index in [-0.39, 0.29) is 5.78 Å². The summed E-state index contributed by atoms with van der Waals surface area (Å²) in [5.41, 5.74) is 13.2. The molecule has 5 rings (SSSR count). The number of nitrogens with two attached hydrogens (primary N) is 1. The van der Waals surface area contributed by atoms with Crippen molar-refractivity contribution < 1.29 is 4.79 Å². The number of nitrogen functional groups attached to an aromatic ring is 1. The first-order chi connectivity index (χ1) is 18.4. The number of carbonyl (C=O) groups excluding carboxylic acids is 1. The summed E-state index contributed by atoms with van der Waals surface area (Å²) >= 11 is 6.19. The Bertz CT molecular complexity index is 1520. The number of nitrogens with zero attached hydrogens (tertiary/aromatic N) is 2. The van der Waals surface area contributed by atoms with Gasteiger partial charge in [0.25, 0.3) is 0 Å². The van der Waals surface area contributed by atoms with Gasteiger partial charge >= 0.3 is 0 Å². The minimum Gasteiger partial charge on any atom is -0.394 e. The number of H-pyrrole nitrogens is 1. The average molecular weight is 529 g/mol. The molecule has 0 saturated heterocycles. The van der Waals surface area contributed by atoms with Gasteiger partial charge in [-0.05, 0) is 57.2 Å². The maximum Gasteiger partial charge on any atom is 0.211 e. The minimum atomic E-state index is -0.116. The van der Waals surface area contributed by atoms with Gasteiger partial charge in [-0.3, -0.25) is 4.79 Å². The minimum absolute atomic E-state index is 0.116. The fourth-order valence-corrected chi connectivity index (χ4v) is 4.96. The first kappa shape index (κ1) is 25.7. The second kappa shape index (κ2) is 11.2. The Hall–Kier alpha value is -3.97. The molecule has 0 radical (unpaired) electrons. The Morgan fingerprint density at radius 1 is 1.13 bits per heavy atom. The summed E-state index contributed by atoms with van der Waals surface area (Å²) in [4.78, 5) is 16.6. The molecule has 38 heavy (non-hydrogen) atoms. The zero-order chi connectivity index (χ0) is 26.6. The maximum atomic E-state index is 13.3. The predicted octanol–water partition coefficient (Wildman–Crippen LogP) is 6.62. The van der Waals surface area contributed by atoms with Crippen LogP contribution in [0.2, 0.25) is 0 Å². The number of benzene rings is 1. The highest BCUT2D eigenvalue weighted by Gasteiger charge is 2.25. The summed E-state index contributed by atoms with van der Waals surface area (Å²) in [5, 5.41) is 13.5. The van der Waals surface area contributed by atoms with Crippen molar-refractivity contribution in [3.8, 4) is 0 Å². The molecule has 1 aromatic carbocycles. The highest BCUT2D eigenvalue weighted by molar-refractivity contribution is 6.29. The monoisotopic (exact) mass is 528 g/mol. The van der Waals surface area contributed by atoms with Gasteiger partial charge in [-0.15, -0.1) is 0 Å². The van der Waals surface area contributed by atoms with Crippen LogP contribution in [0.1, 0.15) is 55.1 Å². The molecule has 8 heteroatoms. The fourth-order valence-electron chi connectivity index (χ4n) is 4.80. The van der Waals surface area contributed by atoms with Gasteiger partial charge in [-0.2, -0.15) is 5.10 Å². The van der Waals surface area contributed by atoms with Crippen molar-refractivity contribution in [2.24, 2.45) is 0 Å². The molecule has 2 aromatic heterocycles. The lowest BCUT2D eigenvalue weighted by Crippen LogP contribution is -2.18. The Labute approximate surface area is 227 Å². The summed E-state index contributed by atoms with van der Waals surface area (Å²) in [5.74, 6) is 0.527. The van der Waals surface area contributed by atoms with Gasteiger partial charge in [-0.1, -0.05) is 54.1 Å². The number of hydrogen-bond donors (Lipinski definition) is 4. The molecule has 0 bridgehead atoms. The summed E-state index contributed by atoms with van der Waals surface area (Å²) in [6.07, 6.45) is 13.5. The summed E-state index contributed by atoms with van der Waals surface area (Å²) in [7, 11) is 0. The summed E-state index contributed by atoms with van der Waals surface area (Å²) < 4.78 is 1.77. The van der Waals surface area contributed by atoms with Crippen LogP contribution in [0.4, 0.5) is 11.5 Å². The van der Waals surface area contributed by atoms with Crippen molar-refractivity contribution in [2.75, 3.05) is 24.1 Å². The number of allylic oxidation sites excluding steroid dienone is 8. The first-order valence-corrected chi connectivity index (χ1v) is 13.4. The molecule has 2 heterocycles. The predicted molar refractivity (Wildman–Crippen MR) is 158 cm³/mol. The Morgan fingerprint density at radius 2 is 2.00 bits per heavy atom. The number of ketones is 1. The first-order valence-electron chi connectivity index (χ1n) is 13.0. The molecule has 2 aliphatic rings. The number of Topliss-reactive ketones (excluding diaryl/α,β-unsaturated/α-hetero) is 1. The molecule has 196 valence electrons.